The molecule has 1 aliphatic rings. The average Bonchev–Trinajstić information content (AvgIpc) is 2.38. The summed E-state index contributed by atoms with van der Waals surface area (Å²) in [5, 5.41) is 0. The van der Waals surface area contributed by atoms with Crippen LogP contribution in [0.15, 0.2) is 24.5 Å². The van der Waals surface area contributed by atoms with Crippen LogP contribution < -0.4 is 5.73 Å². The van der Waals surface area contributed by atoms with Crippen LogP contribution in [0.2, 0.25) is 0 Å². The standard InChI is InChI=1S/C13H19N3S/c14-13(17)12-5-1-2-8-16(12)9-6-11-4-3-7-15-10-11/h3-4,7,10,12H,1-2,5-6,8-9H2,(H2,14,17). The molecule has 0 spiro atoms. The van der Waals surface area contributed by atoms with Gasteiger partial charge in [-0.1, -0.05) is 24.7 Å². The van der Waals surface area contributed by atoms with Crippen molar-refractivity contribution >= 4 is 17.2 Å². The summed E-state index contributed by atoms with van der Waals surface area (Å²) >= 11 is 5.15. The maximum absolute atomic E-state index is 5.80. The second kappa shape index (κ2) is 6.07. The Hall–Kier alpha value is -1.00. The van der Waals surface area contributed by atoms with E-state index in [0.717, 1.165) is 25.9 Å². The predicted molar refractivity (Wildman–Crippen MR) is 73.9 cm³/mol. The molecule has 0 bridgehead atoms. The van der Waals surface area contributed by atoms with E-state index in [0.29, 0.717) is 11.0 Å². The second-order valence-electron chi connectivity index (χ2n) is 4.56. The van der Waals surface area contributed by atoms with Crippen molar-refractivity contribution in [1.82, 2.24) is 9.88 Å². The molecule has 1 unspecified atom stereocenters. The molecule has 0 aromatic carbocycles. The van der Waals surface area contributed by atoms with Crippen LogP contribution in [-0.4, -0.2) is 34.0 Å². The Labute approximate surface area is 108 Å². The third kappa shape index (κ3) is 3.48. The van der Waals surface area contributed by atoms with E-state index < -0.39 is 0 Å². The van der Waals surface area contributed by atoms with Crippen molar-refractivity contribution in [2.75, 3.05) is 13.1 Å². The van der Waals surface area contributed by atoms with Crippen molar-refractivity contribution in [2.45, 2.75) is 31.7 Å². The molecular formula is C13H19N3S. The lowest BCUT2D eigenvalue weighted by Gasteiger charge is -2.34. The van der Waals surface area contributed by atoms with E-state index in [4.69, 9.17) is 18.0 Å². The summed E-state index contributed by atoms with van der Waals surface area (Å²) in [7, 11) is 0. The van der Waals surface area contributed by atoms with Gasteiger partial charge in [-0.15, -0.1) is 0 Å². The highest BCUT2D eigenvalue weighted by Crippen LogP contribution is 2.17. The molecule has 1 atom stereocenters. The smallest absolute Gasteiger partial charge is 0.0902 e. The largest absolute Gasteiger partial charge is 0.392 e. The monoisotopic (exact) mass is 249 g/mol. The zero-order valence-corrected chi connectivity index (χ0v) is 10.8. The van der Waals surface area contributed by atoms with E-state index in [1.54, 1.807) is 0 Å². The molecule has 92 valence electrons. The van der Waals surface area contributed by atoms with Crippen LogP contribution >= 0.6 is 12.2 Å². The van der Waals surface area contributed by atoms with Crippen molar-refractivity contribution in [1.29, 1.82) is 0 Å². The highest BCUT2D eigenvalue weighted by Gasteiger charge is 2.23. The minimum Gasteiger partial charge on any atom is -0.392 e. The van der Waals surface area contributed by atoms with Gasteiger partial charge in [-0.25, -0.2) is 0 Å². The van der Waals surface area contributed by atoms with Crippen molar-refractivity contribution in [3.63, 3.8) is 0 Å². The summed E-state index contributed by atoms with van der Waals surface area (Å²) in [6.45, 7) is 2.13. The van der Waals surface area contributed by atoms with Gasteiger partial charge in [-0.2, -0.15) is 0 Å². The summed E-state index contributed by atoms with van der Waals surface area (Å²) in [4.78, 5) is 7.20. The van der Waals surface area contributed by atoms with Crippen LogP contribution in [0.1, 0.15) is 24.8 Å². The highest BCUT2D eigenvalue weighted by molar-refractivity contribution is 7.80. The first-order chi connectivity index (χ1) is 8.27. The lowest BCUT2D eigenvalue weighted by Crippen LogP contribution is -2.47. The molecule has 2 rings (SSSR count). The Morgan fingerprint density at radius 2 is 2.41 bits per heavy atom. The highest BCUT2D eigenvalue weighted by atomic mass is 32.1. The lowest BCUT2D eigenvalue weighted by atomic mass is 10.0. The fourth-order valence-electron chi connectivity index (χ4n) is 2.40. The topological polar surface area (TPSA) is 42.1 Å². The van der Waals surface area contributed by atoms with E-state index in [-0.39, 0.29) is 0 Å². The number of nitrogens with two attached hydrogens (primary N) is 1. The SMILES string of the molecule is NC(=S)C1CCCCN1CCc1cccnc1. The lowest BCUT2D eigenvalue weighted by molar-refractivity contribution is 0.195. The van der Waals surface area contributed by atoms with Gasteiger partial charge in [-0.3, -0.25) is 9.88 Å². The number of rotatable bonds is 4. The van der Waals surface area contributed by atoms with Crippen LogP contribution in [0.3, 0.4) is 0 Å². The molecule has 0 aliphatic carbocycles. The van der Waals surface area contributed by atoms with Gasteiger partial charge in [0, 0.05) is 18.9 Å². The predicted octanol–water partition coefficient (Wildman–Crippen LogP) is 1.76. The van der Waals surface area contributed by atoms with Crippen molar-refractivity contribution < 1.29 is 0 Å². The summed E-state index contributed by atoms with van der Waals surface area (Å²) in [5.74, 6) is 0. The van der Waals surface area contributed by atoms with Crippen LogP contribution in [-0.2, 0) is 6.42 Å². The minimum absolute atomic E-state index is 0.301. The molecule has 1 saturated heterocycles. The zero-order chi connectivity index (χ0) is 12.1. The number of hydrogen-bond donors (Lipinski definition) is 1. The van der Waals surface area contributed by atoms with Crippen LogP contribution in [0.25, 0.3) is 0 Å². The quantitative estimate of drug-likeness (QED) is 0.826. The van der Waals surface area contributed by atoms with Gasteiger partial charge >= 0.3 is 0 Å². The van der Waals surface area contributed by atoms with E-state index >= 15 is 0 Å². The number of thiocarbonyl (C=S) groups is 1. The van der Waals surface area contributed by atoms with E-state index in [1.165, 1.54) is 18.4 Å². The van der Waals surface area contributed by atoms with Crippen molar-refractivity contribution in [2.24, 2.45) is 5.73 Å². The zero-order valence-electron chi connectivity index (χ0n) is 10.0. The van der Waals surface area contributed by atoms with Crippen LogP contribution in [0, 0.1) is 0 Å². The average molecular weight is 249 g/mol. The molecule has 4 heteroatoms. The Morgan fingerprint density at radius 3 is 3.12 bits per heavy atom. The van der Waals surface area contributed by atoms with Crippen LogP contribution in [0.5, 0.6) is 0 Å². The van der Waals surface area contributed by atoms with Gasteiger partial charge in [0.1, 0.15) is 0 Å². The number of aromatic nitrogens is 1. The van der Waals surface area contributed by atoms with Gasteiger partial charge in [0.2, 0.25) is 0 Å². The van der Waals surface area contributed by atoms with Crippen molar-refractivity contribution in [3.8, 4) is 0 Å². The summed E-state index contributed by atoms with van der Waals surface area (Å²) in [5.41, 5.74) is 7.08. The maximum atomic E-state index is 5.80. The number of likely N-dealkylation sites (tertiary alicyclic amines) is 1. The first kappa shape index (κ1) is 12.5. The van der Waals surface area contributed by atoms with E-state index in [2.05, 4.69) is 16.0 Å². The minimum atomic E-state index is 0.301. The third-order valence-electron chi connectivity index (χ3n) is 3.35. The Morgan fingerprint density at radius 1 is 1.53 bits per heavy atom. The molecule has 2 N–H and O–H groups in total. The second-order valence-corrected chi connectivity index (χ2v) is 5.03. The molecule has 1 aromatic heterocycles. The van der Waals surface area contributed by atoms with Gasteiger partial charge < -0.3 is 5.73 Å². The summed E-state index contributed by atoms with van der Waals surface area (Å²) < 4.78 is 0. The normalized spacial score (nSPS) is 21.3. The van der Waals surface area contributed by atoms with E-state index in [1.807, 2.05) is 18.5 Å². The Bertz CT molecular complexity index is 366. The molecule has 1 aromatic rings. The number of piperidine rings is 1. The molecule has 0 saturated carbocycles. The first-order valence-corrected chi connectivity index (χ1v) is 6.60. The summed E-state index contributed by atoms with van der Waals surface area (Å²) in [6.07, 6.45) is 8.37. The third-order valence-corrected chi connectivity index (χ3v) is 3.62. The van der Waals surface area contributed by atoms with Crippen LogP contribution in [0.4, 0.5) is 0 Å². The number of nitrogens with zero attached hydrogens (tertiary/aromatic N) is 2. The van der Waals surface area contributed by atoms with Crippen molar-refractivity contribution in [3.05, 3.63) is 30.1 Å². The molecule has 0 amide bonds. The molecule has 3 nitrogen and oxygen atoms in total. The molecule has 2 heterocycles. The molecular weight excluding hydrogens is 230 g/mol. The number of pyridine rings is 1. The first-order valence-electron chi connectivity index (χ1n) is 6.19. The Balaban J connectivity index is 1.90. The molecule has 17 heavy (non-hydrogen) atoms. The fourth-order valence-corrected chi connectivity index (χ4v) is 2.67. The fraction of sp³-hybridized carbons (Fsp3) is 0.538. The van der Waals surface area contributed by atoms with Gasteiger partial charge in [-0.05, 0) is 37.4 Å². The van der Waals surface area contributed by atoms with E-state index in [9.17, 15) is 0 Å². The van der Waals surface area contributed by atoms with Gasteiger partial charge in [0.15, 0.2) is 0 Å². The molecule has 1 aliphatic heterocycles. The molecule has 0 radical (unpaired) electrons. The summed E-state index contributed by atoms with van der Waals surface area (Å²) in [6, 6.07) is 4.40. The Kier molecular flexibility index (Phi) is 4.45. The number of hydrogen-bond acceptors (Lipinski definition) is 3. The van der Waals surface area contributed by atoms with Gasteiger partial charge in [0.05, 0.1) is 11.0 Å². The maximum Gasteiger partial charge on any atom is 0.0902 e. The molecule has 1 fully saturated rings. The van der Waals surface area contributed by atoms with Gasteiger partial charge in [0.25, 0.3) is 0 Å².